The van der Waals surface area contributed by atoms with Gasteiger partial charge in [-0.1, -0.05) is 13.8 Å². The van der Waals surface area contributed by atoms with E-state index in [2.05, 4.69) is 18.7 Å². The van der Waals surface area contributed by atoms with Crippen LogP contribution in [0.15, 0.2) is 0 Å². The average Bonchev–Trinajstić information content (AvgIpc) is 1.99. The lowest BCUT2D eigenvalue weighted by Gasteiger charge is -2.32. The SMILES string of the molecule is CCN(CC)C(CO)N(C)C. The van der Waals surface area contributed by atoms with Crippen molar-refractivity contribution in [1.29, 1.82) is 0 Å². The van der Waals surface area contributed by atoms with E-state index in [1.807, 2.05) is 19.0 Å². The van der Waals surface area contributed by atoms with Crippen molar-refractivity contribution in [3.05, 3.63) is 0 Å². The zero-order valence-corrected chi connectivity index (χ0v) is 8.04. The molecule has 0 amide bonds. The maximum Gasteiger partial charge on any atom is 0.0855 e. The van der Waals surface area contributed by atoms with E-state index in [9.17, 15) is 0 Å². The standard InChI is InChI=1S/C8H20N2O/c1-5-10(6-2)8(7-11)9(3)4/h8,11H,5-7H2,1-4H3. The Morgan fingerprint density at radius 3 is 1.73 bits per heavy atom. The second-order valence-corrected chi connectivity index (χ2v) is 2.85. The number of hydrogen-bond donors (Lipinski definition) is 1. The molecule has 0 rings (SSSR count). The summed E-state index contributed by atoms with van der Waals surface area (Å²) in [5, 5.41) is 9.05. The first-order valence-electron chi connectivity index (χ1n) is 4.18. The van der Waals surface area contributed by atoms with E-state index in [0.717, 1.165) is 13.1 Å². The molecule has 0 saturated carbocycles. The van der Waals surface area contributed by atoms with Crippen molar-refractivity contribution in [3.63, 3.8) is 0 Å². The lowest BCUT2D eigenvalue weighted by Crippen LogP contribution is -2.47. The van der Waals surface area contributed by atoms with Gasteiger partial charge < -0.3 is 5.11 Å². The van der Waals surface area contributed by atoms with Crippen LogP contribution >= 0.6 is 0 Å². The van der Waals surface area contributed by atoms with E-state index in [1.165, 1.54) is 0 Å². The highest BCUT2D eigenvalue weighted by atomic mass is 16.3. The summed E-state index contributed by atoms with van der Waals surface area (Å²) in [4.78, 5) is 4.26. The molecule has 0 fully saturated rings. The van der Waals surface area contributed by atoms with Gasteiger partial charge in [0, 0.05) is 0 Å². The summed E-state index contributed by atoms with van der Waals surface area (Å²) in [7, 11) is 3.97. The minimum atomic E-state index is 0.171. The van der Waals surface area contributed by atoms with Gasteiger partial charge in [-0.15, -0.1) is 0 Å². The van der Waals surface area contributed by atoms with Crippen LogP contribution in [0.3, 0.4) is 0 Å². The third-order valence-corrected chi connectivity index (χ3v) is 1.99. The minimum absolute atomic E-state index is 0.171. The largest absolute Gasteiger partial charge is 0.393 e. The molecule has 1 unspecified atom stereocenters. The molecule has 11 heavy (non-hydrogen) atoms. The van der Waals surface area contributed by atoms with Gasteiger partial charge in [0.1, 0.15) is 0 Å². The van der Waals surface area contributed by atoms with Gasteiger partial charge in [-0.3, -0.25) is 9.80 Å². The molecular formula is C8H20N2O. The Kier molecular flexibility index (Phi) is 5.46. The minimum Gasteiger partial charge on any atom is -0.393 e. The first-order valence-corrected chi connectivity index (χ1v) is 4.18. The molecule has 3 heteroatoms. The predicted molar refractivity (Wildman–Crippen MR) is 47.5 cm³/mol. The lowest BCUT2D eigenvalue weighted by atomic mass is 10.4. The van der Waals surface area contributed by atoms with Gasteiger partial charge in [-0.05, 0) is 27.2 Å². The van der Waals surface area contributed by atoms with Gasteiger partial charge in [-0.2, -0.15) is 0 Å². The van der Waals surface area contributed by atoms with E-state index in [0.29, 0.717) is 0 Å². The normalized spacial score (nSPS) is 14.5. The summed E-state index contributed by atoms with van der Waals surface area (Å²) in [6, 6.07) is 0. The van der Waals surface area contributed by atoms with Crippen LogP contribution in [0.25, 0.3) is 0 Å². The van der Waals surface area contributed by atoms with Gasteiger partial charge in [0.05, 0.1) is 12.8 Å². The molecule has 0 aromatic rings. The third-order valence-electron chi connectivity index (χ3n) is 1.99. The second kappa shape index (κ2) is 5.52. The van der Waals surface area contributed by atoms with Gasteiger partial charge in [0.2, 0.25) is 0 Å². The zero-order chi connectivity index (χ0) is 8.85. The van der Waals surface area contributed by atoms with Gasteiger partial charge in [-0.25, -0.2) is 0 Å². The molecular weight excluding hydrogens is 140 g/mol. The Morgan fingerprint density at radius 2 is 1.64 bits per heavy atom. The fourth-order valence-corrected chi connectivity index (χ4v) is 1.25. The highest BCUT2D eigenvalue weighted by Gasteiger charge is 2.15. The maximum atomic E-state index is 9.05. The summed E-state index contributed by atoms with van der Waals surface area (Å²) in [5.74, 6) is 0. The Balaban J connectivity index is 3.98. The fourth-order valence-electron chi connectivity index (χ4n) is 1.25. The topological polar surface area (TPSA) is 26.7 Å². The summed E-state index contributed by atoms with van der Waals surface area (Å²) < 4.78 is 0. The van der Waals surface area contributed by atoms with Crippen molar-refractivity contribution >= 4 is 0 Å². The predicted octanol–water partition coefficient (Wildman–Crippen LogP) is 0.208. The second-order valence-electron chi connectivity index (χ2n) is 2.85. The first-order chi connectivity index (χ1) is 5.17. The van der Waals surface area contributed by atoms with E-state index in [4.69, 9.17) is 5.11 Å². The molecule has 0 aliphatic heterocycles. The molecule has 0 radical (unpaired) electrons. The summed E-state index contributed by atoms with van der Waals surface area (Å²) in [6.45, 7) is 6.39. The average molecular weight is 160 g/mol. The molecule has 68 valence electrons. The van der Waals surface area contributed by atoms with Gasteiger partial charge in [0.25, 0.3) is 0 Å². The van der Waals surface area contributed by atoms with Crippen LogP contribution in [-0.4, -0.2) is 54.9 Å². The maximum absolute atomic E-state index is 9.05. The Morgan fingerprint density at radius 1 is 1.18 bits per heavy atom. The van der Waals surface area contributed by atoms with Crippen LogP contribution in [-0.2, 0) is 0 Å². The van der Waals surface area contributed by atoms with E-state index >= 15 is 0 Å². The lowest BCUT2D eigenvalue weighted by molar-refractivity contribution is 0.0372. The summed E-state index contributed by atoms with van der Waals surface area (Å²) in [5.41, 5.74) is 0. The van der Waals surface area contributed by atoms with E-state index in [1.54, 1.807) is 0 Å². The van der Waals surface area contributed by atoms with Crippen molar-refractivity contribution in [2.24, 2.45) is 0 Å². The van der Waals surface area contributed by atoms with Crippen molar-refractivity contribution in [2.75, 3.05) is 33.8 Å². The van der Waals surface area contributed by atoms with Gasteiger partial charge in [0.15, 0.2) is 0 Å². The smallest absolute Gasteiger partial charge is 0.0855 e. The molecule has 0 heterocycles. The highest BCUT2D eigenvalue weighted by Crippen LogP contribution is 2.00. The van der Waals surface area contributed by atoms with Crippen molar-refractivity contribution < 1.29 is 5.11 Å². The Labute approximate surface area is 69.6 Å². The number of rotatable bonds is 5. The van der Waals surface area contributed by atoms with Crippen LogP contribution < -0.4 is 0 Å². The van der Waals surface area contributed by atoms with Crippen LogP contribution in [0.5, 0.6) is 0 Å². The van der Waals surface area contributed by atoms with E-state index < -0.39 is 0 Å². The van der Waals surface area contributed by atoms with Crippen LogP contribution in [0.1, 0.15) is 13.8 Å². The van der Waals surface area contributed by atoms with Crippen LogP contribution in [0.4, 0.5) is 0 Å². The molecule has 0 saturated heterocycles. The quantitative estimate of drug-likeness (QED) is 0.582. The molecule has 0 aromatic carbocycles. The molecule has 0 aliphatic carbocycles. The van der Waals surface area contributed by atoms with Crippen LogP contribution in [0, 0.1) is 0 Å². The highest BCUT2D eigenvalue weighted by molar-refractivity contribution is 4.65. The number of nitrogens with zero attached hydrogens (tertiary/aromatic N) is 2. The van der Waals surface area contributed by atoms with Crippen molar-refractivity contribution in [3.8, 4) is 0 Å². The van der Waals surface area contributed by atoms with Crippen molar-refractivity contribution in [2.45, 2.75) is 20.0 Å². The molecule has 0 bridgehead atoms. The van der Waals surface area contributed by atoms with Gasteiger partial charge >= 0.3 is 0 Å². The monoisotopic (exact) mass is 160 g/mol. The van der Waals surface area contributed by atoms with Crippen molar-refractivity contribution in [1.82, 2.24) is 9.80 Å². The Hall–Kier alpha value is -0.120. The molecule has 1 atom stereocenters. The number of aliphatic hydroxyl groups excluding tert-OH is 1. The summed E-state index contributed by atoms with van der Waals surface area (Å²) >= 11 is 0. The van der Waals surface area contributed by atoms with E-state index in [-0.39, 0.29) is 12.8 Å². The number of hydrogen-bond acceptors (Lipinski definition) is 3. The molecule has 0 aromatic heterocycles. The van der Waals surface area contributed by atoms with Crippen LogP contribution in [0.2, 0.25) is 0 Å². The first kappa shape index (κ1) is 10.9. The summed E-state index contributed by atoms with van der Waals surface area (Å²) in [6.07, 6.45) is 0.171. The molecule has 0 aliphatic rings. The molecule has 3 nitrogen and oxygen atoms in total. The fraction of sp³-hybridized carbons (Fsp3) is 1.00. The molecule has 1 N–H and O–H groups in total. The molecule has 0 spiro atoms. The zero-order valence-electron chi connectivity index (χ0n) is 8.04. The number of aliphatic hydroxyl groups is 1. The Bertz CT molecular complexity index is 92.1. The number of likely N-dealkylation sites (N-methyl/N-ethyl adjacent to an activating group) is 2. The third kappa shape index (κ3) is 3.18.